The maximum Gasteiger partial charge on any atom is 0.405 e. The molecule has 17 heavy (non-hydrogen) atoms. The summed E-state index contributed by atoms with van der Waals surface area (Å²) in [6.45, 7) is -1.37. The molecule has 0 heterocycles. The van der Waals surface area contributed by atoms with Crippen LogP contribution in [0, 0.1) is 0 Å². The minimum absolute atomic E-state index is 0.101. The van der Waals surface area contributed by atoms with Gasteiger partial charge in [0.15, 0.2) is 0 Å². The van der Waals surface area contributed by atoms with E-state index in [1.54, 1.807) is 5.32 Å². The molecule has 0 aliphatic rings. The summed E-state index contributed by atoms with van der Waals surface area (Å²) < 4.78 is 35.5. The third-order valence-electron chi connectivity index (χ3n) is 1.83. The zero-order valence-corrected chi connectivity index (χ0v) is 8.53. The van der Waals surface area contributed by atoms with Crippen LogP contribution in [0.3, 0.4) is 0 Å². The van der Waals surface area contributed by atoms with Gasteiger partial charge in [-0.15, -0.1) is 0 Å². The monoisotopic (exact) mass is 246 g/mol. The highest BCUT2D eigenvalue weighted by molar-refractivity contribution is 5.95. The van der Waals surface area contributed by atoms with E-state index in [2.05, 4.69) is 5.16 Å². The first-order valence-electron chi connectivity index (χ1n) is 4.55. The van der Waals surface area contributed by atoms with E-state index in [0.29, 0.717) is 5.56 Å². The van der Waals surface area contributed by atoms with Gasteiger partial charge in [0.1, 0.15) is 6.54 Å². The number of alkyl halides is 3. The lowest BCUT2D eigenvalue weighted by molar-refractivity contribution is -0.123. The highest BCUT2D eigenvalue weighted by Crippen LogP contribution is 2.12. The Morgan fingerprint density at radius 2 is 1.94 bits per heavy atom. The van der Waals surface area contributed by atoms with Crippen LogP contribution in [0.5, 0.6) is 0 Å². The number of rotatable bonds is 3. The third-order valence-corrected chi connectivity index (χ3v) is 1.83. The normalized spacial score (nSPS) is 11.7. The van der Waals surface area contributed by atoms with Gasteiger partial charge < -0.3 is 10.5 Å². The Balaban J connectivity index is 2.64. The summed E-state index contributed by atoms with van der Waals surface area (Å²) in [5, 5.41) is 12.8. The van der Waals surface area contributed by atoms with Gasteiger partial charge in [-0.2, -0.15) is 13.2 Å². The quantitative estimate of drug-likeness (QED) is 0.485. The Morgan fingerprint density at radius 1 is 1.35 bits per heavy atom. The highest BCUT2D eigenvalue weighted by Gasteiger charge is 2.27. The predicted octanol–water partition coefficient (Wildman–Crippen LogP) is 1.79. The molecule has 1 aromatic rings. The number of nitrogens with one attached hydrogen (secondary N) is 1. The minimum Gasteiger partial charge on any atom is -0.411 e. The Labute approximate surface area is 94.7 Å². The van der Waals surface area contributed by atoms with Gasteiger partial charge in [0, 0.05) is 5.56 Å². The van der Waals surface area contributed by atoms with Gasteiger partial charge in [-0.1, -0.05) is 17.3 Å². The van der Waals surface area contributed by atoms with Crippen molar-refractivity contribution in [3.05, 3.63) is 35.4 Å². The standard InChI is InChI=1S/C10H9F3N2O2/c11-10(12,13)6-14-9(16)8-3-1-7(2-4-8)5-15-17/h1-5,17H,6H2,(H,14,16)/b15-5-. The summed E-state index contributed by atoms with van der Waals surface area (Å²) in [5.41, 5.74) is 0.629. The fraction of sp³-hybridized carbons (Fsp3) is 0.200. The number of carbonyl (C=O) groups excluding carboxylic acids is 1. The van der Waals surface area contributed by atoms with E-state index >= 15 is 0 Å². The van der Waals surface area contributed by atoms with Crippen molar-refractivity contribution in [2.24, 2.45) is 5.16 Å². The van der Waals surface area contributed by atoms with Crippen LogP contribution in [-0.2, 0) is 0 Å². The van der Waals surface area contributed by atoms with E-state index in [9.17, 15) is 18.0 Å². The summed E-state index contributed by atoms with van der Waals surface area (Å²) >= 11 is 0. The van der Waals surface area contributed by atoms with E-state index in [0.717, 1.165) is 6.21 Å². The summed E-state index contributed by atoms with van der Waals surface area (Å²) in [4.78, 5) is 11.3. The molecule has 2 N–H and O–H groups in total. The topological polar surface area (TPSA) is 61.7 Å². The number of hydrogen-bond donors (Lipinski definition) is 2. The van der Waals surface area contributed by atoms with Crippen LogP contribution in [0.25, 0.3) is 0 Å². The summed E-state index contributed by atoms with van der Waals surface area (Å²) in [6.07, 6.45) is -3.30. The molecule has 0 spiro atoms. The predicted molar refractivity (Wildman–Crippen MR) is 54.2 cm³/mol. The molecule has 7 heteroatoms. The van der Waals surface area contributed by atoms with Crippen LogP contribution >= 0.6 is 0 Å². The van der Waals surface area contributed by atoms with Crippen molar-refractivity contribution in [1.82, 2.24) is 5.32 Å². The molecule has 0 atom stereocenters. The smallest absolute Gasteiger partial charge is 0.405 e. The van der Waals surface area contributed by atoms with Gasteiger partial charge >= 0.3 is 6.18 Å². The molecular weight excluding hydrogens is 237 g/mol. The number of halogens is 3. The van der Waals surface area contributed by atoms with E-state index in [1.165, 1.54) is 24.3 Å². The fourth-order valence-corrected chi connectivity index (χ4v) is 1.07. The lowest BCUT2D eigenvalue weighted by Gasteiger charge is -2.08. The number of nitrogens with zero attached hydrogens (tertiary/aromatic N) is 1. The lowest BCUT2D eigenvalue weighted by atomic mass is 10.1. The van der Waals surface area contributed by atoms with E-state index in [4.69, 9.17) is 5.21 Å². The molecule has 0 aliphatic carbocycles. The van der Waals surface area contributed by atoms with Crippen LogP contribution in [-0.4, -0.2) is 30.1 Å². The molecule has 0 bridgehead atoms. The molecule has 1 aromatic carbocycles. The van der Waals surface area contributed by atoms with Crippen molar-refractivity contribution in [3.63, 3.8) is 0 Å². The first-order chi connectivity index (χ1) is 7.92. The molecule has 0 radical (unpaired) electrons. The van der Waals surface area contributed by atoms with Crippen molar-refractivity contribution < 1.29 is 23.2 Å². The van der Waals surface area contributed by atoms with Crippen molar-refractivity contribution in [2.75, 3.05) is 6.54 Å². The Morgan fingerprint density at radius 3 is 2.41 bits per heavy atom. The second-order valence-electron chi connectivity index (χ2n) is 3.16. The minimum atomic E-state index is -4.43. The average Bonchev–Trinajstić information content (AvgIpc) is 2.26. The van der Waals surface area contributed by atoms with E-state index in [-0.39, 0.29) is 5.56 Å². The average molecular weight is 246 g/mol. The summed E-state index contributed by atoms with van der Waals surface area (Å²) in [7, 11) is 0. The van der Waals surface area contributed by atoms with Crippen LogP contribution < -0.4 is 5.32 Å². The molecule has 1 amide bonds. The maximum atomic E-state index is 11.8. The second-order valence-corrected chi connectivity index (χ2v) is 3.16. The molecule has 0 saturated carbocycles. The summed E-state index contributed by atoms with van der Waals surface area (Å²) in [6, 6.07) is 5.57. The molecule has 92 valence electrons. The Hall–Kier alpha value is -2.05. The largest absolute Gasteiger partial charge is 0.411 e. The molecule has 0 unspecified atom stereocenters. The fourth-order valence-electron chi connectivity index (χ4n) is 1.07. The summed E-state index contributed by atoms with van der Waals surface area (Å²) in [5.74, 6) is -0.810. The van der Waals surface area contributed by atoms with Gasteiger partial charge in [0.2, 0.25) is 0 Å². The van der Waals surface area contributed by atoms with Crippen molar-refractivity contribution >= 4 is 12.1 Å². The molecule has 0 aromatic heterocycles. The molecule has 0 aliphatic heterocycles. The number of carbonyl (C=O) groups is 1. The number of oxime groups is 1. The molecule has 0 saturated heterocycles. The van der Waals surface area contributed by atoms with Gasteiger partial charge in [0.25, 0.3) is 5.91 Å². The lowest BCUT2D eigenvalue weighted by Crippen LogP contribution is -2.33. The maximum absolute atomic E-state index is 11.8. The van der Waals surface area contributed by atoms with Crippen LogP contribution in [0.4, 0.5) is 13.2 Å². The number of hydrogen-bond acceptors (Lipinski definition) is 3. The second kappa shape index (κ2) is 5.33. The van der Waals surface area contributed by atoms with Crippen molar-refractivity contribution in [1.29, 1.82) is 0 Å². The van der Waals surface area contributed by atoms with Gasteiger partial charge in [-0.25, -0.2) is 0 Å². The van der Waals surface area contributed by atoms with Crippen LogP contribution in [0.1, 0.15) is 15.9 Å². The first-order valence-corrected chi connectivity index (χ1v) is 4.55. The zero-order chi connectivity index (χ0) is 12.9. The van der Waals surface area contributed by atoms with Gasteiger partial charge in [-0.05, 0) is 17.7 Å². The molecule has 4 nitrogen and oxygen atoms in total. The van der Waals surface area contributed by atoms with Crippen molar-refractivity contribution in [2.45, 2.75) is 6.18 Å². The molecular formula is C10H9F3N2O2. The van der Waals surface area contributed by atoms with Crippen LogP contribution in [0.2, 0.25) is 0 Å². The Kier molecular flexibility index (Phi) is 4.08. The highest BCUT2D eigenvalue weighted by atomic mass is 19.4. The van der Waals surface area contributed by atoms with E-state index < -0.39 is 18.6 Å². The van der Waals surface area contributed by atoms with Crippen molar-refractivity contribution in [3.8, 4) is 0 Å². The van der Waals surface area contributed by atoms with E-state index in [1.807, 2.05) is 0 Å². The SMILES string of the molecule is O=C(NCC(F)(F)F)c1ccc(/C=N\O)cc1. The molecule has 1 rings (SSSR count). The third kappa shape index (κ3) is 4.54. The first kappa shape index (κ1) is 13.0. The van der Waals surface area contributed by atoms with Gasteiger partial charge in [0.05, 0.1) is 6.21 Å². The Bertz CT molecular complexity index is 413. The van der Waals surface area contributed by atoms with Gasteiger partial charge in [-0.3, -0.25) is 4.79 Å². The number of benzene rings is 1. The zero-order valence-electron chi connectivity index (χ0n) is 8.53. The van der Waals surface area contributed by atoms with Crippen LogP contribution in [0.15, 0.2) is 29.4 Å². The number of amides is 1. The molecule has 0 fully saturated rings.